The van der Waals surface area contributed by atoms with Gasteiger partial charge in [0.2, 0.25) is 0 Å². The van der Waals surface area contributed by atoms with E-state index in [9.17, 15) is 10.5 Å². The van der Waals surface area contributed by atoms with Gasteiger partial charge in [0.25, 0.3) is 0 Å². The van der Waals surface area contributed by atoms with Crippen LogP contribution in [-0.4, -0.2) is 9.13 Å². The Morgan fingerprint density at radius 2 is 1.22 bits per heavy atom. The van der Waals surface area contributed by atoms with Gasteiger partial charge in [-0.25, -0.2) is 0 Å². The van der Waals surface area contributed by atoms with Gasteiger partial charge < -0.3 is 9.13 Å². The maximum Gasteiger partial charge on any atom is 0.101 e. The lowest BCUT2D eigenvalue weighted by atomic mass is 10.1. The average Bonchev–Trinajstić information content (AvgIpc) is 3.46. The van der Waals surface area contributed by atoms with Crippen LogP contribution in [0.3, 0.4) is 0 Å². The molecule has 4 nitrogen and oxygen atoms in total. The molecule has 0 spiro atoms. The Bertz CT molecular complexity index is 2060. The molecule has 0 saturated heterocycles. The fraction of sp³-hybridized carbons (Fsp3) is 0. The highest BCUT2D eigenvalue weighted by Gasteiger charge is 2.21. The third kappa shape index (κ3) is 2.67. The van der Waals surface area contributed by atoms with E-state index in [2.05, 4.69) is 100 Å². The Morgan fingerprint density at radius 1 is 0.528 bits per heavy atom. The van der Waals surface area contributed by atoms with Crippen LogP contribution in [0.4, 0.5) is 0 Å². The molecule has 0 bridgehead atoms. The second kappa shape index (κ2) is 7.60. The lowest BCUT2D eigenvalue weighted by Crippen LogP contribution is -1.98. The van der Waals surface area contributed by atoms with E-state index in [1.165, 1.54) is 10.8 Å². The number of fused-ring (bicyclic) bond motifs is 7. The molecule has 0 aliphatic rings. The quantitative estimate of drug-likeness (QED) is 0.267. The molecule has 0 atom stereocenters. The predicted molar refractivity (Wildman–Crippen MR) is 145 cm³/mol. The summed E-state index contributed by atoms with van der Waals surface area (Å²) in [5.74, 6) is 0. The minimum absolute atomic E-state index is 0.473. The van der Waals surface area contributed by atoms with Crippen LogP contribution in [0, 0.1) is 22.7 Å². The first-order chi connectivity index (χ1) is 17.8. The zero-order valence-electron chi connectivity index (χ0n) is 19.2. The summed E-state index contributed by atoms with van der Waals surface area (Å²) in [5.41, 5.74) is 7.15. The molecule has 0 amide bonds. The van der Waals surface area contributed by atoms with Crippen LogP contribution in [0.25, 0.3) is 55.0 Å². The summed E-state index contributed by atoms with van der Waals surface area (Å²) < 4.78 is 4.49. The van der Waals surface area contributed by atoms with Gasteiger partial charge in [0.15, 0.2) is 0 Å². The SMILES string of the molecule is N#Cc1ccc(-n2c3ccccc3c3c2ccc2c4ccccc4n(-c4ccccc4)c23)c(C#N)c1. The number of para-hydroxylation sites is 3. The molecule has 0 radical (unpaired) electrons. The summed E-state index contributed by atoms with van der Waals surface area (Å²) in [6, 6.07) is 41.4. The highest BCUT2D eigenvalue weighted by atomic mass is 15.0. The minimum Gasteiger partial charge on any atom is -0.309 e. The van der Waals surface area contributed by atoms with E-state index >= 15 is 0 Å². The average molecular weight is 459 g/mol. The molecule has 4 heteroatoms. The monoisotopic (exact) mass is 458 g/mol. The van der Waals surface area contributed by atoms with E-state index in [-0.39, 0.29) is 0 Å². The molecule has 36 heavy (non-hydrogen) atoms. The Morgan fingerprint density at radius 3 is 1.97 bits per heavy atom. The molecule has 2 heterocycles. The maximum atomic E-state index is 9.96. The molecule has 2 aromatic heterocycles. The van der Waals surface area contributed by atoms with Crippen molar-refractivity contribution in [3.63, 3.8) is 0 Å². The molecule has 0 N–H and O–H groups in total. The Hall–Kier alpha value is -5.32. The first-order valence-electron chi connectivity index (χ1n) is 11.8. The first kappa shape index (κ1) is 20.1. The van der Waals surface area contributed by atoms with Crippen LogP contribution in [0.5, 0.6) is 0 Å². The molecule has 0 saturated carbocycles. The summed E-state index contributed by atoms with van der Waals surface area (Å²) in [5, 5.41) is 24.0. The predicted octanol–water partition coefficient (Wildman–Crippen LogP) is 7.62. The van der Waals surface area contributed by atoms with Crippen molar-refractivity contribution in [2.24, 2.45) is 0 Å². The Kier molecular flexibility index (Phi) is 4.24. The summed E-state index contributed by atoms with van der Waals surface area (Å²) in [6.07, 6.45) is 0. The highest BCUT2D eigenvalue weighted by Crippen LogP contribution is 2.42. The zero-order chi connectivity index (χ0) is 24.2. The minimum atomic E-state index is 0.473. The zero-order valence-corrected chi connectivity index (χ0v) is 19.2. The third-order valence-electron chi connectivity index (χ3n) is 6.97. The van der Waals surface area contributed by atoms with Crippen molar-refractivity contribution in [2.45, 2.75) is 0 Å². The number of rotatable bonds is 2. The standard InChI is InChI=1S/C32H18N4/c33-19-21-14-16-27(22(18-21)20-34)36-29-13-7-5-11-26(29)31-30(36)17-15-25-24-10-4-6-12-28(24)35(32(25)31)23-8-2-1-3-9-23/h1-18H. The summed E-state index contributed by atoms with van der Waals surface area (Å²) in [7, 11) is 0. The fourth-order valence-electron chi connectivity index (χ4n) is 5.50. The Labute approximate surface area is 207 Å². The molecule has 0 fully saturated rings. The fourth-order valence-corrected chi connectivity index (χ4v) is 5.50. The van der Waals surface area contributed by atoms with Gasteiger partial charge in [0.05, 0.1) is 45.0 Å². The van der Waals surface area contributed by atoms with Gasteiger partial charge in [0, 0.05) is 27.2 Å². The van der Waals surface area contributed by atoms with Gasteiger partial charge >= 0.3 is 0 Å². The number of benzene rings is 5. The van der Waals surface area contributed by atoms with E-state index in [4.69, 9.17) is 0 Å². The van der Waals surface area contributed by atoms with Crippen molar-refractivity contribution in [1.29, 1.82) is 10.5 Å². The van der Waals surface area contributed by atoms with E-state index in [0.717, 1.165) is 44.2 Å². The van der Waals surface area contributed by atoms with Crippen molar-refractivity contribution in [2.75, 3.05) is 0 Å². The molecular formula is C32H18N4. The lowest BCUT2D eigenvalue weighted by Gasteiger charge is -2.11. The Balaban J connectivity index is 1.73. The second-order valence-corrected chi connectivity index (χ2v) is 8.85. The largest absolute Gasteiger partial charge is 0.309 e. The highest BCUT2D eigenvalue weighted by molar-refractivity contribution is 6.26. The van der Waals surface area contributed by atoms with Gasteiger partial charge in [-0.15, -0.1) is 0 Å². The third-order valence-corrected chi connectivity index (χ3v) is 6.97. The summed E-state index contributed by atoms with van der Waals surface area (Å²) in [4.78, 5) is 0. The molecular weight excluding hydrogens is 440 g/mol. The van der Waals surface area contributed by atoms with Crippen LogP contribution in [0.15, 0.2) is 109 Å². The number of nitrogens with zero attached hydrogens (tertiary/aromatic N) is 4. The molecule has 166 valence electrons. The smallest absolute Gasteiger partial charge is 0.101 e. The van der Waals surface area contributed by atoms with E-state index < -0.39 is 0 Å². The number of hydrogen-bond donors (Lipinski definition) is 0. The van der Waals surface area contributed by atoms with Crippen molar-refractivity contribution in [3.8, 4) is 23.5 Å². The van der Waals surface area contributed by atoms with Crippen molar-refractivity contribution >= 4 is 43.6 Å². The van der Waals surface area contributed by atoms with Crippen LogP contribution >= 0.6 is 0 Å². The van der Waals surface area contributed by atoms with E-state index in [1.54, 1.807) is 12.1 Å². The van der Waals surface area contributed by atoms with Crippen LogP contribution < -0.4 is 0 Å². The summed E-state index contributed by atoms with van der Waals surface area (Å²) in [6.45, 7) is 0. The first-order valence-corrected chi connectivity index (χ1v) is 11.8. The van der Waals surface area contributed by atoms with Crippen LogP contribution in [-0.2, 0) is 0 Å². The number of hydrogen-bond acceptors (Lipinski definition) is 2. The van der Waals surface area contributed by atoms with Gasteiger partial charge in [-0.05, 0) is 48.5 Å². The second-order valence-electron chi connectivity index (χ2n) is 8.85. The van der Waals surface area contributed by atoms with Gasteiger partial charge in [-0.1, -0.05) is 60.7 Å². The van der Waals surface area contributed by atoms with Gasteiger partial charge in [0.1, 0.15) is 6.07 Å². The molecule has 0 aliphatic heterocycles. The molecule has 0 unspecified atom stereocenters. The van der Waals surface area contributed by atoms with E-state index in [1.807, 2.05) is 18.2 Å². The van der Waals surface area contributed by atoms with Gasteiger partial charge in [-0.3, -0.25) is 0 Å². The molecule has 7 aromatic rings. The lowest BCUT2D eigenvalue weighted by molar-refractivity contribution is 1.16. The maximum absolute atomic E-state index is 9.96. The van der Waals surface area contributed by atoms with Crippen molar-refractivity contribution in [1.82, 2.24) is 9.13 Å². The van der Waals surface area contributed by atoms with E-state index in [0.29, 0.717) is 11.1 Å². The molecule has 0 aliphatic carbocycles. The van der Waals surface area contributed by atoms with Crippen LogP contribution in [0.2, 0.25) is 0 Å². The normalized spacial score (nSPS) is 11.3. The molecule has 7 rings (SSSR count). The summed E-state index contributed by atoms with van der Waals surface area (Å²) >= 11 is 0. The van der Waals surface area contributed by atoms with Crippen LogP contribution in [0.1, 0.15) is 11.1 Å². The van der Waals surface area contributed by atoms with Crippen molar-refractivity contribution < 1.29 is 0 Å². The van der Waals surface area contributed by atoms with Crippen molar-refractivity contribution in [3.05, 3.63) is 120 Å². The molecule has 5 aromatic carbocycles. The number of nitriles is 2. The number of aromatic nitrogens is 2. The topological polar surface area (TPSA) is 57.4 Å². The van der Waals surface area contributed by atoms with Gasteiger partial charge in [-0.2, -0.15) is 10.5 Å².